The molecule has 0 spiro atoms. The van der Waals surface area contributed by atoms with Crippen molar-refractivity contribution >= 4 is 17.9 Å². The number of carbonyl (C=O) groups excluding carboxylic acids is 3. The first-order valence-corrected chi connectivity index (χ1v) is 26.8. The Morgan fingerprint density at radius 3 is 1.02 bits per heavy atom. The lowest BCUT2D eigenvalue weighted by Crippen LogP contribution is -2.30. The van der Waals surface area contributed by atoms with Gasteiger partial charge in [-0.25, -0.2) is 0 Å². The molecule has 0 amide bonds. The molecule has 0 fully saturated rings. The smallest absolute Gasteiger partial charge is 0.306 e. The summed E-state index contributed by atoms with van der Waals surface area (Å²) in [7, 11) is 0. The van der Waals surface area contributed by atoms with Crippen LogP contribution in [0, 0.1) is 0 Å². The Balaban J connectivity index is 4.46. The van der Waals surface area contributed by atoms with Crippen molar-refractivity contribution in [2.24, 2.45) is 0 Å². The van der Waals surface area contributed by atoms with Crippen molar-refractivity contribution in [3.63, 3.8) is 0 Å². The predicted molar refractivity (Wildman–Crippen MR) is 270 cm³/mol. The first kappa shape index (κ1) is 60.1. The molecule has 0 saturated heterocycles. The molecule has 6 nitrogen and oxygen atoms in total. The summed E-state index contributed by atoms with van der Waals surface area (Å²) in [6.45, 7) is 6.56. The fourth-order valence-corrected chi connectivity index (χ4v) is 7.43. The molecule has 364 valence electrons. The minimum Gasteiger partial charge on any atom is -0.462 e. The summed E-state index contributed by atoms with van der Waals surface area (Å²) in [5.74, 6) is -0.952. The molecule has 0 aliphatic carbocycles. The van der Waals surface area contributed by atoms with Gasteiger partial charge < -0.3 is 14.2 Å². The van der Waals surface area contributed by atoms with E-state index in [1.165, 1.54) is 148 Å². The van der Waals surface area contributed by atoms with E-state index in [9.17, 15) is 14.4 Å². The van der Waals surface area contributed by atoms with Crippen molar-refractivity contribution in [1.82, 2.24) is 0 Å². The SMILES string of the molecule is CCCCC/C=C\C/C=C\C/C=C\C/C=C\CCCC(=O)OC[C@H](COC(=O)CCCCCCC/C=C\CCCCCC)OC(=O)CCCCCCCCCCCCCCCCC. The number of ether oxygens (including phenoxy) is 3. The normalized spacial score (nSPS) is 12.5. The highest BCUT2D eigenvalue weighted by atomic mass is 16.6. The Morgan fingerprint density at radius 2 is 0.587 bits per heavy atom. The van der Waals surface area contributed by atoms with Crippen LogP contribution in [0.2, 0.25) is 0 Å². The molecule has 0 rings (SSSR count). The van der Waals surface area contributed by atoms with Crippen LogP contribution in [-0.4, -0.2) is 37.2 Å². The van der Waals surface area contributed by atoms with Crippen LogP contribution in [0.25, 0.3) is 0 Å². The van der Waals surface area contributed by atoms with E-state index in [-0.39, 0.29) is 37.5 Å². The molecule has 6 heteroatoms. The van der Waals surface area contributed by atoms with Crippen molar-refractivity contribution < 1.29 is 28.6 Å². The van der Waals surface area contributed by atoms with Crippen LogP contribution in [0.15, 0.2) is 60.8 Å². The van der Waals surface area contributed by atoms with Crippen LogP contribution in [0.3, 0.4) is 0 Å². The van der Waals surface area contributed by atoms with Gasteiger partial charge >= 0.3 is 17.9 Å². The van der Waals surface area contributed by atoms with E-state index in [4.69, 9.17) is 14.2 Å². The molecule has 0 aromatic rings. The van der Waals surface area contributed by atoms with E-state index >= 15 is 0 Å². The summed E-state index contributed by atoms with van der Waals surface area (Å²) in [6.07, 6.45) is 63.5. The summed E-state index contributed by atoms with van der Waals surface area (Å²) < 4.78 is 16.8. The highest BCUT2D eigenvalue weighted by Crippen LogP contribution is 2.15. The lowest BCUT2D eigenvalue weighted by molar-refractivity contribution is -0.167. The minimum absolute atomic E-state index is 0.0935. The predicted octanol–water partition coefficient (Wildman–Crippen LogP) is 17.6. The van der Waals surface area contributed by atoms with Gasteiger partial charge in [0.05, 0.1) is 0 Å². The number of esters is 3. The lowest BCUT2D eigenvalue weighted by atomic mass is 10.0. The average molecular weight is 881 g/mol. The van der Waals surface area contributed by atoms with Crippen molar-refractivity contribution in [3.8, 4) is 0 Å². The number of allylic oxidation sites excluding steroid dienone is 10. The van der Waals surface area contributed by atoms with Gasteiger partial charge in [-0.15, -0.1) is 0 Å². The van der Waals surface area contributed by atoms with Crippen molar-refractivity contribution in [1.29, 1.82) is 0 Å². The van der Waals surface area contributed by atoms with Crippen LogP contribution < -0.4 is 0 Å². The van der Waals surface area contributed by atoms with Gasteiger partial charge in [0.1, 0.15) is 13.2 Å². The third-order valence-electron chi connectivity index (χ3n) is 11.5. The molecule has 0 aromatic heterocycles. The van der Waals surface area contributed by atoms with Crippen molar-refractivity contribution in [2.45, 2.75) is 271 Å². The number of hydrogen-bond donors (Lipinski definition) is 0. The van der Waals surface area contributed by atoms with Gasteiger partial charge in [0.2, 0.25) is 0 Å². The van der Waals surface area contributed by atoms with Gasteiger partial charge in [-0.1, -0.05) is 223 Å². The zero-order valence-corrected chi connectivity index (χ0v) is 41.6. The molecule has 0 saturated carbocycles. The largest absolute Gasteiger partial charge is 0.462 e. The van der Waals surface area contributed by atoms with Gasteiger partial charge in [-0.3, -0.25) is 14.4 Å². The Kier molecular flexibility index (Phi) is 49.4. The van der Waals surface area contributed by atoms with E-state index < -0.39 is 6.10 Å². The van der Waals surface area contributed by atoms with Crippen LogP contribution in [0.1, 0.15) is 265 Å². The molecule has 0 unspecified atom stereocenters. The molecular formula is C57H100O6. The zero-order valence-electron chi connectivity index (χ0n) is 41.6. The molecule has 63 heavy (non-hydrogen) atoms. The molecule has 1 atom stereocenters. The zero-order chi connectivity index (χ0) is 45.8. The van der Waals surface area contributed by atoms with E-state index in [1.54, 1.807) is 0 Å². The summed E-state index contributed by atoms with van der Waals surface area (Å²) >= 11 is 0. The van der Waals surface area contributed by atoms with Gasteiger partial charge in [0.25, 0.3) is 0 Å². The highest BCUT2D eigenvalue weighted by Gasteiger charge is 2.19. The average Bonchev–Trinajstić information content (AvgIpc) is 3.28. The molecule has 0 radical (unpaired) electrons. The summed E-state index contributed by atoms with van der Waals surface area (Å²) in [6, 6.07) is 0. The Morgan fingerprint density at radius 1 is 0.317 bits per heavy atom. The molecule has 0 N–H and O–H groups in total. The van der Waals surface area contributed by atoms with Crippen molar-refractivity contribution in [3.05, 3.63) is 60.8 Å². The Hall–Kier alpha value is -2.89. The number of hydrogen-bond acceptors (Lipinski definition) is 6. The van der Waals surface area contributed by atoms with Gasteiger partial charge in [0, 0.05) is 19.3 Å². The van der Waals surface area contributed by atoms with Crippen LogP contribution in [-0.2, 0) is 28.6 Å². The van der Waals surface area contributed by atoms with Gasteiger partial charge in [-0.05, 0) is 83.5 Å². The maximum atomic E-state index is 12.8. The fourth-order valence-electron chi connectivity index (χ4n) is 7.43. The van der Waals surface area contributed by atoms with Gasteiger partial charge in [-0.2, -0.15) is 0 Å². The molecule has 0 aromatic carbocycles. The maximum absolute atomic E-state index is 12.8. The Labute approximate surface area is 390 Å². The molecule has 0 aliphatic rings. The second kappa shape index (κ2) is 51.7. The molecular weight excluding hydrogens is 781 g/mol. The number of rotatable bonds is 48. The van der Waals surface area contributed by atoms with Crippen LogP contribution in [0.5, 0.6) is 0 Å². The van der Waals surface area contributed by atoms with Crippen molar-refractivity contribution in [2.75, 3.05) is 13.2 Å². The second-order valence-corrected chi connectivity index (χ2v) is 17.8. The van der Waals surface area contributed by atoms with Gasteiger partial charge in [0.15, 0.2) is 6.10 Å². The van der Waals surface area contributed by atoms with E-state index in [2.05, 4.69) is 81.5 Å². The second-order valence-electron chi connectivity index (χ2n) is 17.8. The Bertz CT molecular complexity index is 1150. The minimum atomic E-state index is -0.796. The van der Waals surface area contributed by atoms with E-state index in [1.807, 2.05) is 0 Å². The lowest BCUT2D eigenvalue weighted by Gasteiger charge is -2.18. The number of carbonyl (C=O) groups is 3. The van der Waals surface area contributed by atoms with E-state index in [0.29, 0.717) is 19.3 Å². The van der Waals surface area contributed by atoms with E-state index in [0.717, 1.165) is 70.6 Å². The fraction of sp³-hybridized carbons (Fsp3) is 0.772. The third kappa shape index (κ3) is 50.0. The molecule has 0 bridgehead atoms. The quantitative estimate of drug-likeness (QED) is 0.0262. The summed E-state index contributed by atoms with van der Waals surface area (Å²) in [5.41, 5.74) is 0. The summed E-state index contributed by atoms with van der Waals surface area (Å²) in [5, 5.41) is 0. The van der Waals surface area contributed by atoms with Crippen LogP contribution >= 0.6 is 0 Å². The standard InChI is InChI=1S/C57H100O6/c1-4-7-10-13-16-19-22-25-27-28-30-32-35-38-41-44-47-50-56(59)62-53-54(52-61-55(58)49-46-43-40-37-34-31-24-21-18-15-12-9-6-3)63-57(60)51-48-45-42-39-36-33-29-26-23-20-17-14-11-8-5-2/h16,19,21,24-25,27,30,32,38,41,54H,4-15,17-18,20,22-23,26,28-29,31,33-37,39-40,42-53H2,1-3H3/b19-16-,24-21-,27-25-,32-30-,41-38-/t54-/m0/s1. The first-order valence-electron chi connectivity index (χ1n) is 26.8. The summed E-state index contributed by atoms with van der Waals surface area (Å²) in [4.78, 5) is 38.0. The monoisotopic (exact) mass is 881 g/mol. The first-order chi connectivity index (χ1) is 31.0. The third-order valence-corrected chi connectivity index (χ3v) is 11.5. The van der Waals surface area contributed by atoms with Crippen LogP contribution in [0.4, 0.5) is 0 Å². The number of unbranched alkanes of at least 4 members (excludes halogenated alkanes) is 27. The molecule has 0 aliphatic heterocycles. The maximum Gasteiger partial charge on any atom is 0.306 e. The highest BCUT2D eigenvalue weighted by molar-refractivity contribution is 5.71. The molecule has 0 heterocycles. The topological polar surface area (TPSA) is 78.9 Å².